The van der Waals surface area contributed by atoms with Crippen molar-refractivity contribution in [3.63, 3.8) is 0 Å². The number of nitrogens with one attached hydrogen (secondary N) is 2. The van der Waals surface area contributed by atoms with Gasteiger partial charge in [-0.2, -0.15) is 0 Å². The van der Waals surface area contributed by atoms with Gasteiger partial charge in [-0.05, 0) is 19.1 Å². The van der Waals surface area contributed by atoms with E-state index < -0.39 is 5.91 Å². The standard InChI is InChI=1S/C19H19N3O4/c1-11-17-14(13(10-23)9-21-11)7-15(18(20)26-17)19(24)22-8-12-5-3-4-6-16(12)25-2/h3-7,9,20,23H,8,10H2,1-2H3,(H,22,24). The molecule has 0 atom stereocenters. The smallest absolute Gasteiger partial charge is 0.257 e. The zero-order valence-corrected chi connectivity index (χ0v) is 14.5. The second kappa shape index (κ2) is 7.37. The number of fused-ring (bicyclic) bond motifs is 1. The molecule has 134 valence electrons. The van der Waals surface area contributed by atoms with Crippen LogP contribution in [0.5, 0.6) is 5.75 Å². The minimum atomic E-state index is -0.440. The summed E-state index contributed by atoms with van der Waals surface area (Å²) >= 11 is 0. The summed E-state index contributed by atoms with van der Waals surface area (Å²) in [7, 11) is 1.57. The Morgan fingerprint density at radius 1 is 1.35 bits per heavy atom. The number of methoxy groups -OCH3 is 1. The van der Waals surface area contributed by atoms with Gasteiger partial charge in [0.05, 0.1) is 19.4 Å². The SMILES string of the molecule is COc1ccccc1CNC(=O)c1cc2c(CO)cnc(C)c2oc1=N. The summed E-state index contributed by atoms with van der Waals surface area (Å²) in [5, 5.41) is 20.9. The molecule has 26 heavy (non-hydrogen) atoms. The Balaban J connectivity index is 1.93. The molecule has 2 heterocycles. The first-order valence-electron chi connectivity index (χ1n) is 8.03. The van der Waals surface area contributed by atoms with Crippen molar-refractivity contribution < 1.29 is 19.1 Å². The molecule has 0 saturated heterocycles. The summed E-state index contributed by atoms with van der Waals surface area (Å²) in [6.45, 7) is 1.76. The lowest BCUT2D eigenvalue weighted by molar-refractivity contribution is 0.0946. The maximum absolute atomic E-state index is 12.6. The Hall–Kier alpha value is -3.19. The van der Waals surface area contributed by atoms with Gasteiger partial charge in [0.25, 0.3) is 5.91 Å². The fourth-order valence-corrected chi connectivity index (χ4v) is 2.71. The van der Waals surface area contributed by atoms with Crippen LogP contribution in [-0.2, 0) is 13.2 Å². The Labute approximate surface area is 149 Å². The molecule has 0 aliphatic heterocycles. The topological polar surface area (TPSA) is 108 Å². The second-order valence-corrected chi connectivity index (χ2v) is 5.75. The number of para-hydroxylation sites is 1. The van der Waals surface area contributed by atoms with Crippen molar-refractivity contribution in [2.24, 2.45) is 0 Å². The summed E-state index contributed by atoms with van der Waals surface area (Å²) in [5.41, 5.74) is 2.18. The molecule has 3 aromatic rings. The van der Waals surface area contributed by atoms with Crippen molar-refractivity contribution in [3.8, 4) is 5.75 Å². The predicted molar refractivity (Wildman–Crippen MR) is 94.7 cm³/mol. The molecule has 0 aliphatic carbocycles. The van der Waals surface area contributed by atoms with Crippen LogP contribution in [0.15, 0.2) is 40.9 Å². The van der Waals surface area contributed by atoms with Gasteiger partial charge in [0.2, 0.25) is 5.55 Å². The number of aryl methyl sites for hydroxylation is 1. The molecule has 1 aromatic carbocycles. The highest BCUT2D eigenvalue weighted by atomic mass is 16.5. The molecule has 3 rings (SSSR count). The molecular weight excluding hydrogens is 334 g/mol. The van der Waals surface area contributed by atoms with Crippen molar-refractivity contribution in [2.45, 2.75) is 20.1 Å². The van der Waals surface area contributed by atoms with E-state index in [2.05, 4.69) is 10.3 Å². The van der Waals surface area contributed by atoms with Crippen LogP contribution < -0.4 is 15.6 Å². The van der Waals surface area contributed by atoms with Crippen LogP contribution in [0.3, 0.4) is 0 Å². The number of carbonyl (C=O) groups excluding carboxylic acids is 1. The monoisotopic (exact) mass is 353 g/mol. The van der Waals surface area contributed by atoms with E-state index in [4.69, 9.17) is 14.6 Å². The van der Waals surface area contributed by atoms with Crippen molar-refractivity contribution in [1.82, 2.24) is 10.3 Å². The van der Waals surface area contributed by atoms with Crippen LogP contribution in [0.25, 0.3) is 11.0 Å². The highest BCUT2D eigenvalue weighted by Crippen LogP contribution is 2.21. The molecule has 7 heteroatoms. The fraction of sp³-hybridized carbons (Fsp3) is 0.211. The summed E-state index contributed by atoms with van der Waals surface area (Å²) in [5.74, 6) is 0.233. The number of aromatic nitrogens is 1. The number of hydrogen-bond donors (Lipinski definition) is 3. The number of aliphatic hydroxyl groups excluding tert-OH is 1. The summed E-state index contributed by atoms with van der Waals surface area (Å²) in [4.78, 5) is 16.7. The summed E-state index contributed by atoms with van der Waals surface area (Å²) in [6, 6.07) is 8.92. The van der Waals surface area contributed by atoms with Crippen molar-refractivity contribution in [1.29, 1.82) is 5.41 Å². The van der Waals surface area contributed by atoms with Crippen molar-refractivity contribution in [3.05, 3.63) is 64.5 Å². The maximum atomic E-state index is 12.6. The number of amides is 1. The Bertz CT molecular complexity index is 1030. The third-order valence-corrected chi connectivity index (χ3v) is 4.12. The van der Waals surface area contributed by atoms with Gasteiger partial charge < -0.3 is 19.6 Å². The Morgan fingerprint density at radius 3 is 2.85 bits per heavy atom. The molecule has 3 N–H and O–H groups in total. The summed E-state index contributed by atoms with van der Waals surface area (Å²) < 4.78 is 10.8. The van der Waals surface area contributed by atoms with E-state index in [1.54, 1.807) is 20.1 Å². The highest BCUT2D eigenvalue weighted by Gasteiger charge is 2.15. The lowest BCUT2D eigenvalue weighted by atomic mass is 10.1. The zero-order chi connectivity index (χ0) is 18.7. The quantitative estimate of drug-likeness (QED) is 0.650. The van der Waals surface area contributed by atoms with E-state index >= 15 is 0 Å². The van der Waals surface area contributed by atoms with Gasteiger partial charge in [0.1, 0.15) is 11.3 Å². The average molecular weight is 353 g/mol. The third kappa shape index (κ3) is 3.29. The van der Waals surface area contributed by atoms with Gasteiger partial charge in [-0.1, -0.05) is 18.2 Å². The van der Waals surface area contributed by atoms with Gasteiger partial charge in [0, 0.05) is 29.3 Å². The van der Waals surface area contributed by atoms with Crippen molar-refractivity contribution in [2.75, 3.05) is 7.11 Å². The molecule has 7 nitrogen and oxygen atoms in total. The van der Waals surface area contributed by atoms with E-state index in [1.165, 1.54) is 6.20 Å². The van der Waals surface area contributed by atoms with E-state index in [-0.39, 0.29) is 24.3 Å². The number of benzene rings is 1. The predicted octanol–water partition coefficient (Wildman–Crippen LogP) is 2.05. The van der Waals surface area contributed by atoms with E-state index in [0.717, 1.165) is 5.56 Å². The summed E-state index contributed by atoms with van der Waals surface area (Å²) in [6.07, 6.45) is 1.54. The van der Waals surface area contributed by atoms with Crippen LogP contribution in [0.2, 0.25) is 0 Å². The Morgan fingerprint density at radius 2 is 2.12 bits per heavy atom. The van der Waals surface area contributed by atoms with Gasteiger partial charge >= 0.3 is 0 Å². The average Bonchev–Trinajstić information content (AvgIpc) is 2.66. The number of ether oxygens (including phenoxy) is 1. The van der Waals surface area contributed by atoms with Gasteiger partial charge in [0.15, 0.2) is 5.58 Å². The van der Waals surface area contributed by atoms with E-state index in [1.807, 2.05) is 24.3 Å². The number of carbonyl (C=O) groups is 1. The van der Waals surface area contributed by atoms with Gasteiger partial charge in [-0.25, -0.2) is 0 Å². The lowest BCUT2D eigenvalue weighted by Crippen LogP contribution is -2.28. The fourth-order valence-electron chi connectivity index (χ4n) is 2.71. The van der Waals surface area contributed by atoms with E-state index in [9.17, 15) is 9.90 Å². The molecule has 1 amide bonds. The lowest BCUT2D eigenvalue weighted by Gasteiger charge is -2.11. The van der Waals surface area contributed by atoms with Crippen LogP contribution >= 0.6 is 0 Å². The maximum Gasteiger partial charge on any atom is 0.257 e. The number of nitrogens with zero attached hydrogens (tertiary/aromatic N) is 1. The molecule has 0 radical (unpaired) electrons. The van der Waals surface area contributed by atoms with Crippen LogP contribution in [0.1, 0.15) is 27.2 Å². The molecule has 0 aliphatic rings. The first-order valence-corrected chi connectivity index (χ1v) is 8.03. The molecule has 0 spiro atoms. The Kier molecular flexibility index (Phi) is 4.99. The number of pyridine rings is 1. The molecular formula is C19H19N3O4. The third-order valence-electron chi connectivity index (χ3n) is 4.12. The van der Waals surface area contributed by atoms with Crippen LogP contribution in [-0.4, -0.2) is 23.1 Å². The highest BCUT2D eigenvalue weighted by molar-refractivity contribution is 5.97. The number of rotatable bonds is 5. The van der Waals surface area contributed by atoms with Gasteiger partial charge in [-0.15, -0.1) is 0 Å². The van der Waals surface area contributed by atoms with Crippen LogP contribution in [0.4, 0.5) is 0 Å². The first kappa shape index (κ1) is 17.6. The second-order valence-electron chi connectivity index (χ2n) is 5.75. The molecule has 0 bridgehead atoms. The number of hydrogen-bond acceptors (Lipinski definition) is 6. The minimum Gasteiger partial charge on any atom is -0.496 e. The van der Waals surface area contributed by atoms with Crippen LogP contribution in [0, 0.1) is 12.3 Å². The zero-order valence-electron chi connectivity index (χ0n) is 14.5. The minimum absolute atomic E-state index is 0.0905. The van der Waals surface area contributed by atoms with E-state index in [0.29, 0.717) is 28.0 Å². The molecule has 2 aromatic heterocycles. The van der Waals surface area contributed by atoms with Gasteiger partial charge in [-0.3, -0.25) is 15.2 Å². The largest absolute Gasteiger partial charge is 0.496 e. The molecule has 0 saturated carbocycles. The number of aliphatic hydroxyl groups is 1. The first-order chi connectivity index (χ1) is 12.5. The normalized spacial score (nSPS) is 10.7. The van der Waals surface area contributed by atoms with Crippen molar-refractivity contribution >= 4 is 16.9 Å². The molecule has 0 unspecified atom stereocenters. The molecule has 0 fully saturated rings.